The van der Waals surface area contributed by atoms with Gasteiger partial charge in [0.15, 0.2) is 4.77 Å². The smallest absolute Gasteiger partial charge is 0.222 e. The number of benzene rings is 1. The number of nitriles is 1. The molecule has 102 valence electrons. The normalized spacial score (nSPS) is 14.2. The van der Waals surface area contributed by atoms with E-state index in [-0.39, 0.29) is 5.91 Å². The van der Waals surface area contributed by atoms with Gasteiger partial charge in [-0.2, -0.15) is 5.26 Å². The van der Waals surface area contributed by atoms with Gasteiger partial charge in [0.05, 0.1) is 16.6 Å². The summed E-state index contributed by atoms with van der Waals surface area (Å²) in [6.45, 7) is 0.520. The second-order valence-corrected chi connectivity index (χ2v) is 5.37. The van der Waals surface area contributed by atoms with Crippen molar-refractivity contribution in [1.29, 1.82) is 5.26 Å². The van der Waals surface area contributed by atoms with Crippen molar-refractivity contribution in [1.82, 2.24) is 14.9 Å². The number of amides is 1. The second-order valence-electron chi connectivity index (χ2n) is 4.99. The van der Waals surface area contributed by atoms with Crippen LogP contribution in [0.2, 0.25) is 0 Å². The zero-order chi connectivity index (χ0) is 14.1. The fraction of sp³-hybridized carbons (Fsp3) is 0.357. The van der Waals surface area contributed by atoms with Crippen LogP contribution in [0.1, 0.15) is 24.8 Å². The van der Waals surface area contributed by atoms with Gasteiger partial charge in [-0.1, -0.05) is 6.07 Å². The summed E-state index contributed by atoms with van der Waals surface area (Å²) in [5.74, 6) is 0.0557. The zero-order valence-corrected chi connectivity index (χ0v) is 11.7. The van der Waals surface area contributed by atoms with Crippen molar-refractivity contribution in [3.8, 4) is 6.07 Å². The molecule has 2 N–H and O–H groups in total. The van der Waals surface area contributed by atoms with Crippen LogP contribution < -0.4 is 5.32 Å². The van der Waals surface area contributed by atoms with Gasteiger partial charge in [0, 0.05) is 19.0 Å². The molecule has 1 aromatic heterocycles. The standard InChI is InChI=1S/C14H14N4OS/c15-8-9-2-1-3-11-13(9)17-14(20)18(11)7-6-12(19)16-10-4-5-10/h1-3,10H,4-7H2,(H,16,19)(H,17,20). The molecule has 0 atom stereocenters. The molecule has 3 rings (SSSR count). The third kappa shape index (κ3) is 2.45. The Morgan fingerprint density at radius 1 is 1.55 bits per heavy atom. The van der Waals surface area contributed by atoms with Gasteiger partial charge < -0.3 is 14.9 Å². The molecule has 6 heteroatoms. The molecule has 5 nitrogen and oxygen atoms in total. The summed E-state index contributed by atoms with van der Waals surface area (Å²) >= 11 is 5.28. The molecule has 0 spiro atoms. The third-order valence-electron chi connectivity index (χ3n) is 3.44. The number of nitrogens with zero attached hydrogens (tertiary/aromatic N) is 2. The molecular formula is C14H14N4OS. The topological polar surface area (TPSA) is 73.6 Å². The number of fused-ring (bicyclic) bond motifs is 1. The van der Waals surface area contributed by atoms with Gasteiger partial charge >= 0.3 is 0 Å². The predicted molar refractivity (Wildman–Crippen MR) is 77.6 cm³/mol. The average Bonchev–Trinajstić information content (AvgIpc) is 3.18. The van der Waals surface area contributed by atoms with E-state index in [1.54, 1.807) is 6.07 Å². The largest absolute Gasteiger partial charge is 0.353 e. The Balaban J connectivity index is 1.84. The van der Waals surface area contributed by atoms with Crippen LogP contribution in [0.3, 0.4) is 0 Å². The van der Waals surface area contributed by atoms with Gasteiger partial charge in [0.1, 0.15) is 6.07 Å². The molecule has 20 heavy (non-hydrogen) atoms. The monoisotopic (exact) mass is 286 g/mol. The molecule has 1 aliphatic rings. The molecule has 1 fully saturated rings. The number of aromatic nitrogens is 2. The Kier molecular flexibility index (Phi) is 3.28. The predicted octanol–water partition coefficient (Wildman–Crippen LogP) is 2.24. The van der Waals surface area contributed by atoms with E-state index in [0.29, 0.717) is 29.3 Å². The fourth-order valence-electron chi connectivity index (χ4n) is 2.24. The van der Waals surface area contributed by atoms with E-state index in [0.717, 1.165) is 23.9 Å². The van der Waals surface area contributed by atoms with Crippen molar-refractivity contribution in [3.63, 3.8) is 0 Å². The first kappa shape index (κ1) is 12.9. The lowest BCUT2D eigenvalue weighted by Gasteiger charge is -2.05. The number of nitrogens with one attached hydrogen (secondary N) is 2. The number of aryl methyl sites for hydroxylation is 1. The van der Waals surface area contributed by atoms with Crippen LogP contribution in [0, 0.1) is 16.1 Å². The summed E-state index contributed by atoms with van der Waals surface area (Å²) in [5, 5.41) is 12.0. The SMILES string of the molecule is N#Cc1cccc2c1[nH]c(=S)n2CCC(=O)NC1CC1. The van der Waals surface area contributed by atoms with Crippen LogP contribution in [0.25, 0.3) is 11.0 Å². The third-order valence-corrected chi connectivity index (χ3v) is 3.76. The van der Waals surface area contributed by atoms with Gasteiger partial charge in [-0.05, 0) is 37.2 Å². The number of carbonyl (C=O) groups excluding carboxylic acids is 1. The number of imidazole rings is 1. The van der Waals surface area contributed by atoms with Crippen LogP contribution in [-0.4, -0.2) is 21.5 Å². The van der Waals surface area contributed by atoms with E-state index in [2.05, 4.69) is 16.4 Å². The minimum absolute atomic E-state index is 0.0557. The van der Waals surface area contributed by atoms with E-state index >= 15 is 0 Å². The minimum Gasteiger partial charge on any atom is -0.353 e. The maximum Gasteiger partial charge on any atom is 0.222 e. The van der Waals surface area contributed by atoms with E-state index in [4.69, 9.17) is 17.5 Å². The number of H-pyrrole nitrogens is 1. The van der Waals surface area contributed by atoms with Crippen LogP contribution in [-0.2, 0) is 11.3 Å². The number of para-hydroxylation sites is 1. The first-order chi connectivity index (χ1) is 9.69. The highest BCUT2D eigenvalue weighted by Crippen LogP contribution is 2.20. The van der Waals surface area contributed by atoms with E-state index in [9.17, 15) is 4.79 Å². The molecule has 1 saturated carbocycles. The molecule has 2 aromatic rings. The number of carbonyl (C=O) groups is 1. The Hall–Kier alpha value is -2.13. The van der Waals surface area contributed by atoms with Gasteiger partial charge in [0.2, 0.25) is 5.91 Å². The van der Waals surface area contributed by atoms with Crippen molar-refractivity contribution in [2.24, 2.45) is 0 Å². The van der Waals surface area contributed by atoms with Crippen LogP contribution in [0.5, 0.6) is 0 Å². The van der Waals surface area contributed by atoms with Crippen LogP contribution in [0.15, 0.2) is 18.2 Å². The van der Waals surface area contributed by atoms with Gasteiger partial charge in [-0.15, -0.1) is 0 Å². The molecule has 0 radical (unpaired) electrons. The quantitative estimate of drug-likeness (QED) is 0.847. The first-order valence-corrected chi connectivity index (χ1v) is 7.01. The van der Waals surface area contributed by atoms with E-state index < -0.39 is 0 Å². The Morgan fingerprint density at radius 3 is 3.05 bits per heavy atom. The number of hydrogen-bond donors (Lipinski definition) is 2. The molecule has 1 amide bonds. The maximum atomic E-state index is 11.7. The lowest BCUT2D eigenvalue weighted by Crippen LogP contribution is -2.26. The van der Waals surface area contributed by atoms with Crippen molar-refractivity contribution >= 4 is 29.2 Å². The van der Waals surface area contributed by atoms with Crippen molar-refractivity contribution in [2.75, 3.05) is 0 Å². The molecule has 0 bridgehead atoms. The molecular weight excluding hydrogens is 272 g/mol. The number of rotatable bonds is 4. The zero-order valence-electron chi connectivity index (χ0n) is 10.8. The highest BCUT2D eigenvalue weighted by Gasteiger charge is 2.23. The molecule has 0 saturated heterocycles. The van der Waals surface area contributed by atoms with E-state index in [1.165, 1.54) is 0 Å². The minimum atomic E-state index is 0.0557. The molecule has 1 heterocycles. The second kappa shape index (κ2) is 5.10. The summed E-state index contributed by atoms with van der Waals surface area (Å²) < 4.78 is 2.42. The summed E-state index contributed by atoms with van der Waals surface area (Å²) in [5.41, 5.74) is 2.17. The van der Waals surface area contributed by atoms with Crippen molar-refractivity contribution < 1.29 is 4.79 Å². The maximum absolute atomic E-state index is 11.7. The summed E-state index contributed by atoms with van der Waals surface area (Å²) in [7, 11) is 0. The first-order valence-electron chi connectivity index (χ1n) is 6.60. The molecule has 0 aliphatic heterocycles. The molecule has 1 aliphatic carbocycles. The summed E-state index contributed by atoms with van der Waals surface area (Å²) in [6.07, 6.45) is 2.57. The van der Waals surface area contributed by atoms with Gasteiger partial charge in [0.25, 0.3) is 0 Å². The van der Waals surface area contributed by atoms with E-state index in [1.807, 2.05) is 16.7 Å². The number of hydrogen-bond acceptors (Lipinski definition) is 3. The highest BCUT2D eigenvalue weighted by atomic mass is 32.1. The Labute approximate surface area is 121 Å². The lowest BCUT2D eigenvalue weighted by atomic mass is 10.2. The highest BCUT2D eigenvalue weighted by molar-refractivity contribution is 7.71. The van der Waals surface area contributed by atoms with Crippen molar-refractivity contribution in [2.45, 2.75) is 31.8 Å². The Bertz CT molecular complexity index is 764. The summed E-state index contributed by atoms with van der Waals surface area (Å²) in [4.78, 5) is 14.8. The Morgan fingerprint density at radius 2 is 2.35 bits per heavy atom. The number of aromatic amines is 1. The summed E-state index contributed by atoms with van der Waals surface area (Å²) in [6, 6.07) is 7.99. The molecule has 0 unspecified atom stereocenters. The van der Waals surface area contributed by atoms with Crippen LogP contribution in [0.4, 0.5) is 0 Å². The fourth-order valence-corrected chi connectivity index (χ4v) is 2.53. The van der Waals surface area contributed by atoms with Crippen LogP contribution >= 0.6 is 12.2 Å². The lowest BCUT2D eigenvalue weighted by molar-refractivity contribution is -0.121. The molecule has 1 aromatic carbocycles. The van der Waals surface area contributed by atoms with Gasteiger partial charge in [-0.3, -0.25) is 4.79 Å². The average molecular weight is 286 g/mol. The van der Waals surface area contributed by atoms with Gasteiger partial charge in [-0.25, -0.2) is 0 Å². The van der Waals surface area contributed by atoms with Crippen molar-refractivity contribution in [3.05, 3.63) is 28.5 Å².